The van der Waals surface area contributed by atoms with Gasteiger partial charge in [0.15, 0.2) is 0 Å². The van der Waals surface area contributed by atoms with Crippen LogP contribution in [0.3, 0.4) is 0 Å². The van der Waals surface area contributed by atoms with Crippen molar-refractivity contribution in [1.29, 1.82) is 0 Å². The summed E-state index contributed by atoms with van der Waals surface area (Å²) in [6.45, 7) is 6.76. The first-order valence-corrected chi connectivity index (χ1v) is 7.75. The Morgan fingerprint density at radius 1 is 1.16 bits per heavy atom. The van der Waals surface area contributed by atoms with E-state index in [1.54, 1.807) is 0 Å². The van der Waals surface area contributed by atoms with Crippen LogP contribution in [0, 0.1) is 6.92 Å². The molecule has 1 aliphatic rings. The van der Waals surface area contributed by atoms with Gasteiger partial charge in [0, 0.05) is 16.7 Å². The average Bonchev–Trinajstić information content (AvgIpc) is 2.39. The third kappa shape index (κ3) is 2.42. The van der Waals surface area contributed by atoms with Gasteiger partial charge in [-0.15, -0.1) is 11.8 Å². The summed E-state index contributed by atoms with van der Waals surface area (Å²) in [6.07, 6.45) is 3.18. The standard InChI is InChI=1S/C17H19NS/c1-12-4-6-15(18-11-12)13-5-7-16-14(10-13)17(2,3)8-9-19-16/h4-7,10-11H,8-9H2,1-3H3. The highest BCUT2D eigenvalue weighted by atomic mass is 32.2. The minimum Gasteiger partial charge on any atom is -0.256 e. The van der Waals surface area contributed by atoms with Crippen molar-refractivity contribution in [1.82, 2.24) is 4.98 Å². The summed E-state index contributed by atoms with van der Waals surface area (Å²) >= 11 is 1.98. The van der Waals surface area contributed by atoms with Crippen LogP contribution in [0.4, 0.5) is 0 Å². The monoisotopic (exact) mass is 269 g/mol. The van der Waals surface area contributed by atoms with E-state index in [0.29, 0.717) is 0 Å². The number of aryl methyl sites for hydroxylation is 1. The van der Waals surface area contributed by atoms with Gasteiger partial charge in [0.05, 0.1) is 5.69 Å². The van der Waals surface area contributed by atoms with Gasteiger partial charge in [-0.3, -0.25) is 4.98 Å². The van der Waals surface area contributed by atoms with Crippen LogP contribution in [0.15, 0.2) is 41.4 Å². The number of thioether (sulfide) groups is 1. The lowest BCUT2D eigenvalue weighted by Crippen LogP contribution is -2.22. The lowest BCUT2D eigenvalue weighted by atomic mass is 9.81. The SMILES string of the molecule is Cc1ccc(-c2ccc3c(c2)C(C)(C)CCS3)nc1. The fourth-order valence-corrected chi connectivity index (χ4v) is 4.02. The van der Waals surface area contributed by atoms with Gasteiger partial charge in [0.2, 0.25) is 0 Å². The molecule has 0 saturated carbocycles. The maximum atomic E-state index is 4.54. The van der Waals surface area contributed by atoms with Crippen molar-refractivity contribution in [3.63, 3.8) is 0 Å². The highest BCUT2D eigenvalue weighted by molar-refractivity contribution is 7.99. The molecule has 0 fully saturated rings. The Labute approximate surface area is 119 Å². The summed E-state index contributed by atoms with van der Waals surface area (Å²) < 4.78 is 0. The Balaban J connectivity index is 2.08. The number of hydrogen-bond acceptors (Lipinski definition) is 2. The average molecular weight is 269 g/mol. The van der Waals surface area contributed by atoms with Crippen molar-refractivity contribution in [3.8, 4) is 11.3 Å². The molecule has 2 heteroatoms. The number of aromatic nitrogens is 1. The Bertz CT molecular complexity index is 599. The highest BCUT2D eigenvalue weighted by Gasteiger charge is 2.28. The number of pyridine rings is 1. The maximum Gasteiger partial charge on any atom is 0.0702 e. The van der Waals surface area contributed by atoms with Crippen molar-refractivity contribution in [2.75, 3.05) is 5.75 Å². The van der Waals surface area contributed by atoms with Gasteiger partial charge in [-0.2, -0.15) is 0 Å². The number of fused-ring (bicyclic) bond motifs is 1. The Morgan fingerprint density at radius 2 is 2.00 bits per heavy atom. The molecule has 0 N–H and O–H groups in total. The number of nitrogens with zero attached hydrogens (tertiary/aromatic N) is 1. The first kappa shape index (κ1) is 12.7. The van der Waals surface area contributed by atoms with E-state index in [-0.39, 0.29) is 5.41 Å². The second kappa shape index (κ2) is 4.68. The minimum absolute atomic E-state index is 0.279. The van der Waals surface area contributed by atoms with Gasteiger partial charge in [-0.25, -0.2) is 0 Å². The van der Waals surface area contributed by atoms with Crippen LogP contribution in [0.2, 0.25) is 0 Å². The first-order chi connectivity index (χ1) is 9.06. The van der Waals surface area contributed by atoms with E-state index in [0.717, 1.165) is 5.69 Å². The third-order valence-electron chi connectivity index (χ3n) is 3.90. The Kier molecular flexibility index (Phi) is 3.14. The van der Waals surface area contributed by atoms with E-state index >= 15 is 0 Å². The van der Waals surface area contributed by atoms with Crippen molar-refractivity contribution >= 4 is 11.8 Å². The summed E-state index contributed by atoms with van der Waals surface area (Å²) in [5.41, 5.74) is 5.26. The molecule has 0 unspecified atom stereocenters. The zero-order valence-corrected chi connectivity index (χ0v) is 12.6. The maximum absolute atomic E-state index is 4.54. The quantitative estimate of drug-likeness (QED) is 0.735. The molecule has 0 bridgehead atoms. The van der Waals surface area contributed by atoms with Gasteiger partial charge in [0.1, 0.15) is 0 Å². The van der Waals surface area contributed by atoms with Crippen LogP contribution in [-0.4, -0.2) is 10.7 Å². The smallest absolute Gasteiger partial charge is 0.0702 e. The van der Waals surface area contributed by atoms with Crippen LogP contribution in [0.1, 0.15) is 31.4 Å². The second-order valence-electron chi connectivity index (χ2n) is 5.91. The summed E-state index contributed by atoms with van der Waals surface area (Å²) in [5, 5.41) is 0. The zero-order chi connectivity index (χ0) is 13.5. The number of rotatable bonds is 1. The van der Waals surface area contributed by atoms with Gasteiger partial charge in [-0.05, 0) is 53.8 Å². The number of benzene rings is 1. The Morgan fingerprint density at radius 3 is 2.74 bits per heavy atom. The lowest BCUT2D eigenvalue weighted by molar-refractivity contribution is 0.494. The molecular formula is C17H19NS. The van der Waals surface area contributed by atoms with Crippen LogP contribution >= 0.6 is 11.8 Å². The molecule has 0 atom stereocenters. The van der Waals surface area contributed by atoms with E-state index < -0.39 is 0 Å². The zero-order valence-electron chi connectivity index (χ0n) is 11.7. The van der Waals surface area contributed by atoms with E-state index in [9.17, 15) is 0 Å². The molecule has 0 aliphatic carbocycles. The van der Waals surface area contributed by atoms with Gasteiger partial charge in [0.25, 0.3) is 0 Å². The summed E-state index contributed by atoms with van der Waals surface area (Å²) in [7, 11) is 0. The molecule has 1 aromatic heterocycles. The van der Waals surface area contributed by atoms with E-state index in [2.05, 4.69) is 56.1 Å². The largest absolute Gasteiger partial charge is 0.256 e. The molecule has 0 saturated heterocycles. The van der Waals surface area contributed by atoms with E-state index in [1.807, 2.05) is 18.0 Å². The summed E-state index contributed by atoms with van der Waals surface area (Å²) in [5.74, 6) is 1.22. The molecule has 2 heterocycles. The topological polar surface area (TPSA) is 12.9 Å². The second-order valence-corrected chi connectivity index (χ2v) is 7.05. The fourth-order valence-electron chi connectivity index (χ4n) is 2.53. The molecule has 19 heavy (non-hydrogen) atoms. The van der Waals surface area contributed by atoms with Crippen molar-refractivity contribution in [2.45, 2.75) is 37.5 Å². The molecule has 0 amide bonds. The molecule has 3 rings (SSSR count). The molecule has 1 nitrogen and oxygen atoms in total. The predicted octanol–water partition coefficient (Wildman–Crippen LogP) is 4.83. The normalized spacial score (nSPS) is 17.0. The van der Waals surface area contributed by atoms with E-state index in [1.165, 1.54) is 33.8 Å². The predicted molar refractivity (Wildman–Crippen MR) is 82.8 cm³/mol. The van der Waals surface area contributed by atoms with Crippen LogP contribution in [0.5, 0.6) is 0 Å². The van der Waals surface area contributed by atoms with Crippen molar-refractivity contribution in [2.24, 2.45) is 0 Å². The molecule has 0 radical (unpaired) electrons. The number of hydrogen-bond donors (Lipinski definition) is 0. The van der Waals surface area contributed by atoms with Crippen molar-refractivity contribution < 1.29 is 0 Å². The van der Waals surface area contributed by atoms with Gasteiger partial charge < -0.3 is 0 Å². The molecule has 1 aromatic carbocycles. The first-order valence-electron chi connectivity index (χ1n) is 6.77. The van der Waals surface area contributed by atoms with E-state index in [4.69, 9.17) is 0 Å². The molecule has 98 valence electrons. The fraction of sp³-hybridized carbons (Fsp3) is 0.353. The molecule has 0 spiro atoms. The molecular weight excluding hydrogens is 250 g/mol. The molecule has 2 aromatic rings. The van der Waals surface area contributed by atoms with Crippen LogP contribution < -0.4 is 0 Å². The minimum atomic E-state index is 0.279. The lowest BCUT2D eigenvalue weighted by Gasteiger charge is -2.32. The summed E-state index contributed by atoms with van der Waals surface area (Å²) in [4.78, 5) is 5.98. The van der Waals surface area contributed by atoms with Crippen LogP contribution in [-0.2, 0) is 5.41 Å². The van der Waals surface area contributed by atoms with Crippen LogP contribution in [0.25, 0.3) is 11.3 Å². The highest BCUT2D eigenvalue weighted by Crippen LogP contribution is 2.42. The Hall–Kier alpha value is -1.28. The van der Waals surface area contributed by atoms with Gasteiger partial charge in [-0.1, -0.05) is 26.0 Å². The van der Waals surface area contributed by atoms with Gasteiger partial charge >= 0.3 is 0 Å². The third-order valence-corrected chi connectivity index (χ3v) is 4.98. The van der Waals surface area contributed by atoms with Crippen molar-refractivity contribution in [3.05, 3.63) is 47.7 Å². The molecule has 1 aliphatic heterocycles. The summed E-state index contributed by atoms with van der Waals surface area (Å²) in [6, 6.07) is 11.0.